The van der Waals surface area contributed by atoms with Crippen LogP contribution >= 0.6 is 11.6 Å². The summed E-state index contributed by atoms with van der Waals surface area (Å²) in [6, 6.07) is 21.1. The van der Waals surface area contributed by atoms with E-state index in [2.05, 4.69) is 53.1 Å². The Labute approximate surface area is 129 Å². The molecule has 0 atom stereocenters. The number of fused-ring (bicyclic) bond motifs is 1. The molecule has 0 N–H and O–H groups in total. The third-order valence-electron chi connectivity index (χ3n) is 4.21. The summed E-state index contributed by atoms with van der Waals surface area (Å²) >= 11 is 6.04. The summed E-state index contributed by atoms with van der Waals surface area (Å²) in [5.41, 5.74) is 6.69. The Morgan fingerprint density at radius 1 is 0.857 bits per heavy atom. The van der Waals surface area contributed by atoms with Gasteiger partial charge in [0.25, 0.3) is 0 Å². The predicted octanol–water partition coefficient (Wildman–Crippen LogP) is 5.29. The standard InChI is InChI=1S/C19H16ClN/c20-16-9-11-17(12-10-16)21-18-8-4-7-15(18)13-19(21)14-5-2-1-3-6-14/h1-3,5-6,9-13H,4,7-8H2. The third-order valence-corrected chi connectivity index (χ3v) is 4.46. The smallest absolute Gasteiger partial charge is 0.0534 e. The van der Waals surface area contributed by atoms with Crippen molar-refractivity contribution in [2.75, 3.05) is 0 Å². The van der Waals surface area contributed by atoms with Crippen molar-refractivity contribution in [3.05, 3.63) is 76.9 Å². The van der Waals surface area contributed by atoms with E-state index >= 15 is 0 Å². The van der Waals surface area contributed by atoms with Gasteiger partial charge in [0, 0.05) is 16.4 Å². The zero-order chi connectivity index (χ0) is 14.2. The van der Waals surface area contributed by atoms with Crippen LogP contribution in [0, 0.1) is 0 Å². The highest BCUT2D eigenvalue weighted by molar-refractivity contribution is 6.30. The Balaban J connectivity index is 1.94. The van der Waals surface area contributed by atoms with Crippen LogP contribution in [0.4, 0.5) is 0 Å². The van der Waals surface area contributed by atoms with Crippen molar-refractivity contribution >= 4 is 11.6 Å². The average molecular weight is 294 g/mol. The first-order chi connectivity index (χ1) is 10.3. The predicted molar refractivity (Wildman–Crippen MR) is 88.2 cm³/mol. The van der Waals surface area contributed by atoms with Gasteiger partial charge < -0.3 is 4.57 Å². The van der Waals surface area contributed by atoms with Gasteiger partial charge in [-0.2, -0.15) is 0 Å². The molecule has 4 rings (SSSR count). The SMILES string of the molecule is Clc1ccc(-n2c(-c3ccccc3)cc3c2CCC3)cc1. The van der Waals surface area contributed by atoms with Gasteiger partial charge >= 0.3 is 0 Å². The number of aromatic nitrogens is 1. The Kier molecular flexibility index (Phi) is 3.08. The van der Waals surface area contributed by atoms with Crippen molar-refractivity contribution < 1.29 is 0 Å². The highest BCUT2D eigenvalue weighted by atomic mass is 35.5. The third kappa shape index (κ3) is 2.18. The number of hydrogen-bond acceptors (Lipinski definition) is 0. The second-order valence-corrected chi connectivity index (χ2v) is 5.97. The average Bonchev–Trinajstić information content (AvgIpc) is 3.10. The van der Waals surface area contributed by atoms with Crippen LogP contribution in [0.5, 0.6) is 0 Å². The Morgan fingerprint density at radius 3 is 2.38 bits per heavy atom. The first-order valence-corrected chi connectivity index (χ1v) is 7.75. The van der Waals surface area contributed by atoms with Crippen LogP contribution < -0.4 is 0 Å². The molecule has 0 bridgehead atoms. The molecule has 2 aromatic carbocycles. The van der Waals surface area contributed by atoms with E-state index < -0.39 is 0 Å². The van der Waals surface area contributed by atoms with E-state index in [0.29, 0.717) is 0 Å². The monoisotopic (exact) mass is 293 g/mol. The number of benzene rings is 2. The van der Waals surface area contributed by atoms with Gasteiger partial charge in [-0.25, -0.2) is 0 Å². The lowest BCUT2D eigenvalue weighted by molar-refractivity contribution is 0.864. The van der Waals surface area contributed by atoms with Gasteiger partial charge in [-0.05, 0) is 60.7 Å². The Morgan fingerprint density at radius 2 is 1.62 bits per heavy atom. The van der Waals surface area contributed by atoms with E-state index in [1.165, 1.54) is 41.0 Å². The normalized spacial score (nSPS) is 13.4. The fourth-order valence-electron chi connectivity index (χ4n) is 3.24. The van der Waals surface area contributed by atoms with Crippen molar-refractivity contribution in [3.8, 4) is 16.9 Å². The van der Waals surface area contributed by atoms with Gasteiger partial charge in [0.05, 0.1) is 5.69 Å². The van der Waals surface area contributed by atoms with Gasteiger partial charge in [-0.1, -0.05) is 41.9 Å². The van der Waals surface area contributed by atoms with Crippen LogP contribution in [0.2, 0.25) is 5.02 Å². The summed E-state index contributed by atoms with van der Waals surface area (Å²) in [6.45, 7) is 0. The second kappa shape index (κ2) is 5.09. The van der Waals surface area contributed by atoms with Crippen LogP contribution in [0.15, 0.2) is 60.7 Å². The van der Waals surface area contributed by atoms with Gasteiger partial charge in [-0.3, -0.25) is 0 Å². The number of rotatable bonds is 2. The van der Waals surface area contributed by atoms with Crippen molar-refractivity contribution in [3.63, 3.8) is 0 Å². The number of nitrogens with zero attached hydrogens (tertiary/aromatic N) is 1. The highest BCUT2D eigenvalue weighted by Crippen LogP contribution is 2.34. The summed E-state index contributed by atoms with van der Waals surface area (Å²) in [5.74, 6) is 0. The Bertz CT molecular complexity index is 769. The van der Waals surface area contributed by atoms with Crippen molar-refractivity contribution in [1.29, 1.82) is 0 Å². The molecule has 0 saturated carbocycles. The quantitative estimate of drug-likeness (QED) is 0.605. The van der Waals surface area contributed by atoms with E-state index in [1.54, 1.807) is 0 Å². The molecule has 0 amide bonds. The van der Waals surface area contributed by atoms with E-state index in [9.17, 15) is 0 Å². The second-order valence-electron chi connectivity index (χ2n) is 5.53. The van der Waals surface area contributed by atoms with Crippen LogP contribution in [-0.4, -0.2) is 4.57 Å². The number of aryl methyl sites for hydroxylation is 1. The molecule has 0 unspecified atom stereocenters. The summed E-state index contributed by atoms with van der Waals surface area (Å²) in [7, 11) is 0. The molecule has 0 saturated heterocycles. The topological polar surface area (TPSA) is 4.93 Å². The molecule has 0 radical (unpaired) electrons. The molecule has 1 aliphatic carbocycles. The van der Waals surface area contributed by atoms with Crippen LogP contribution in [0.3, 0.4) is 0 Å². The maximum atomic E-state index is 6.04. The molecule has 0 fully saturated rings. The molecule has 1 aromatic heterocycles. The van der Waals surface area contributed by atoms with Gasteiger partial charge in [-0.15, -0.1) is 0 Å². The number of halogens is 1. The fourth-order valence-corrected chi connectivity index (χ4v) is 3.37. The first-order valence-electron chi connectivity index (χ1n) is 7.38. The molecular weight excluding hydrogens is 278 g/mol. The molecule has 104 valence electrons. The lowest BCUT2D eigenvalue weighted by Crippen LogP contribution is -2.01. The largest absolute Gasteiger partial charge is 0.313 e. The summed E-state index contributed by atoms with van der Waals surface area (Å²) < 4.78 is 2.40. The molecule has 0 aliphatic heterocycles. The van der Waals surface area contributed by atoms with Crippen LogP contribution in [0.1, 0.15) is 17.7 Å². The minimum absolute atomic E-state index is 0.781. The zero-order valence-corrected chi connectivity index (χ0v) is 12.5. The van der Waals surface area contributed by atoms with Gasteiger partial charge in [0.15, 0.2) is 0 Å². The van der Waals surface area contributed by atoms with Gasteiger partial charge in [0.2, 0.25) is 0 Å². The molecule has 1 heterocycles. The molecule has 21 heavy (non-hydrogen) atoms. The molecule has 1 aliphatic rings. The molecule has 1 nitrogen and oxygen atoms in total. The lowest BCUT2D eigenvalue weighted by Gasteiger charge is -2.13. The minimum Gasteiger partial charge on any atom is -0.313 e. The van der Waals surface area contributed by atoms with Crippen molar-refractivity contribution in [1.82, 2.24) is 4.57 Å². The van der Waals surface area contributed by atoms with E-state index in [0.717, 1.165) is 11.4 Å². The maximum Gasteiger partial charge on any atom is 0.0534 e. The number of hydrogen-bond donors (Lipinski definition) is 0. The van der Waals surface area contributed by atoms with E-state index in [-0.39, 0.29) is 0 Å². The summed E-state index contributed by atoms with van der Waals surface area (Å²) in [6.07, 6.45) is 3.61. The summed E-state index contributed by atoms with van der Waals surface area (Å²) in [5, 5.41) is 0.781. The van der Waals surface area contributed by atoms with Crippen molar-refractivity contribution in [2.24, 2.45) is 0 Å². The lowest BCUT2D eigenvalue weighted by atomic mass is 10.1. The van der Waals surface area contributed by atoms with E-state index in [4.69, 9.17) is 11.6 Å². The Hall–Kier alpha value is -1.99. The molecular formula is C19H16ClN. The first kappa shape index (κ1) is 12.7. The van der Waals surface area contributed by atoms with Gasteiger partial charge in [0.1, 0.15) is 0 Å². The van der Waals surface area contributed by atoms with E-state index in [1.807, 2.05) is 12.1 Å². The van der Waals surface area contributed by atoms with Crippen LogP contribution in [0.25, 0.3) is 16.9 Å². The van der Waals surface area contributed by atoms with Crippen molar-refractivity contribution in [2.45, 2.75) is 19.3 Å². The maximum absolute atomic E-state index is 6.04. The zero-order valence-electron chi connectivity index (χ0n) is 11.7. The molecule has 2 heteroatoms. The highest BCUT2D eigenvalue weighted by Gasteiger charge is 2.21. The fraction of sp³-hybridized carbons (Fsp3) is 0.158. The minimum atomic E-state index is 0.781. The molecule has 0 spiro atoms. The van der Waals surface area contributed by atoms with Crippen LogP contribution in [-0.2, 0) is 12.8 Å². The summed E-state index contributed by atoms with van der Waals surface area (Å²) in [4.78, 5) is 0. The molecule has 3 aromatic rings.